The third-order valence-corrected chi connectivity index (χ3v) is 2.16. The molecular formula is C12H13N3O. The largest absolute Gasteiger partial charge is 0.350 e. The molecule has 1 amide bonds. The van der Waals surface area contributed by atoms with Crippen LogP contribution < -0.4 is 5.43 Å². The zero-order valence-electron chi connectivity index (χ0n) is 9.24. The second-order valence-electron chi connectivity index (χ2n) is 3.77. The van der Waals surface area contributed by atoms with Gasteiger partial charge in [0, 0.05) is 16.6 Å². The number of hydrogen-bond acceptors (Lipinski definition) is 2. The molecule has 1 heterocycles. The number of nitrogens with one attached hydrogen (secondary N) is 2. The summed E-state index contributed by atoms with van der Waals surface area (Å²) in [7, 11) is 0. The average molecular weight is 215 g/mol. The van der Waals surface area contributed by atoms with E-state index in [0.717, 1.165) is 16.6 Å². The lowest BCUT2D eigenvalue weighted by Gasteiger charge is -1.96. The summed E-state index contributed by atoms with van der Waals surface area (Å²) < 4.78 is 0. The van der Waals surface area contributed by atoms with Crippen LogP contribution in [0.2, 0.25) is 0 Å². The third-order valence-electron chi connectivity index (χ3n) is 2.16. The van der Waals surface area contributed by atoms with Gasteiger partial charge in [-0.3, -0.25) is 4.79 Å². The first-order chi connectivity index (χ1) is 7.66. The minimum Gasteiger partial charge on any atom is -0.350 e. The Bertz CT molecular complexity index is 517. The van der Waals surface area contributed by atoms with Crippen molar-refractivity contribution in [1.82, 2.24) is 10.4 Å². The molecule has 82 valence electrons. The van der Waals surface area contributed by atoms with E-state index in [1.54, 1.807) is 0 Å². The monoisotopic (exact) mass is 215 g/mol. The van der Waals surface area contributed by atoms with Crippen LogP contribution in [0.25, 0.3) is 10.9 Å². The molecule has 0 unspecified atom stereocenters. The zero-order valence-corrected chi connectivity index (χ0v) is 9.24. The molecule has 0 aliphatic rings. The van der Waals surface area contributed by atoms with Crippen LogP contribution in [0.3, 0.4) is 0 Å². The van der Waals surface area contributed by atoms with Crippen LogP contribution >= 0.6 is 0 Å². The van der Waals surface area contributed by atoms with Crippen LogP contribution in [0.1, 0.15) is 24.3 Å². The molecule has 2 aromatic rings. The highest BCUT2D eigenvalue weighted by Crippen LogP contribution is 2.14. The highest BCUT2D eigenvalue weighted by atomic mass is 16.2. The van der Waals surface area contributed by atoms with Gasteiger partial charge in [0.25, 0.3) is 5.91 Å². The van der Waals surface area contributed by atoms with Crippen molar-refractivity contribution in [1.29, 1.82) is 0 Å². The number of benzene rings is 1. The summed E-state index contributed by atoms with van der Waals surface area (Å²) in [5.41, 5.74) is 4.76. The van der Waals surface area contributed by atoms with Gasteiger partial charge < -0.3 is 4.98 Å². The molecule has 0 radical (unpaired) electrons. The van der Waals surface area contributed by atoms with Crippen LogP contribution in [-0.4, -0.2) is 16.6 Å². The minimum absolute atomic E-state index is 0.225. The maximum Gasteiger partial charge on any atom is 0.287 e. The van der Waals surface area contributed by atoms with E-state index in [9.17, 15) is 4.79 Å². The number of H-pyrrole nitrogens is 1. The predicted octanol–water partition coefficient (Wildman–Crippen LogP) is 2.29. The van der Waals surface area contributed by atoms with Gasteiger partial charge in [0.15, 0.2) is 0 Å². The highest BCUT2D eigenvalue weighted by molar-refractivity contribution is 5.98. The Kier molecular flexibility index (Phi) is 2.72. The number of para-hydroxylation sites is 1. The van der Waals surface area contributed by atoms with Gasteiger partial charge in [0.05, 0.1) is 0 Å². The molecule has 2 rings (SSSR count). The highest BCUT2D eigenvalue weighted by Gasteiger charge is 2.07. The number of hydrogen-bond donors (Lipinski definition) is 2. The second kappa shape index (κ2) is 4.18. The molecule has 0 fully saturated rings. The topological polar surface area (TPSA) is 57.2 Å². The van der Waals surface area contributed by atoms with Crippen molar-refractivity contribution in [3.8, 4) is 0 Å². The lowest BCUT2D eigenvalue weighted by atomic mass is 10.2. The van der Waals surface area contributed by atoms with Crippen molar-refractivity contribution in [2.24, 2.45) is 5.10 Å². The average Bonchev–Trinajstić information content (AvgIpc) is 2.69. The molecule has 0 aliphatic carbocycles. The molecule has 0 saturated heterocycles. The smallest absolute Gasteiger partial charge is 0.287 e. The molecule has 1 aromatic heterocycles. The van der Waals surface area contributed by atoms with E-state index >= 15 is 0 Å². The maximum atomic E-state index is 11.7. The Morgan fingerprint density at radius 3 is 2.75 bits per heavy atom. The van der Waals surface area contributed by atoms with Crippen molar-refractivity contribution in [3.05, 3.63) is 36.0 Å². The number of carbonyl (C=O) groups excluding carboxylic acids is 1. The van der Waals surface area contributed by atoms with Gasteiger partial charge in [-0.05, 0) is 26.0 Å². The van der Waals surface area contributed by atoms with E-state index < -0.39 is 0 Å². The first kappa shape index (κ1) is 10.4. The molecule has 1 aromatic carbocycles. The van der Waals surface area contributed by atoms with Gasteiger partial charge in [-0.1, -0.05) is 18.2 Å². The van der Waals surface area contributed by atoms with E-state index in [1.165, 1.54) is 0 Å². The van der Waals surface area contributed by atoms with Crippen molar-refractivity contribution < 1.29 is 4.79 Å². The maximum absolute atomic E-state index is 11.7. The van der Waals surface area contributed by atoms with Crippen molar-refractivity contribution in [2.75, 3.05) is 0 Å². The first-order valence-corrected chi connectivity index (χ1v) is 5.06. The molecule has 0 atom stereocenters. The number of nitrogens with zero attached hydrogens (tertiary/aromatic N) is 1. The fourth-order valence-electron chi connectivity index (χ4n) is 1.42. The van der Waals surface area contributed by atoms with Crippen molar-refractivity contribution in [2.45, 2.75) is 13.8 Å². The summed E-state index contributed by atoms with van der Waals surface area (Å²) in [5.74, 6) is -0.225. The van der Waals surface area contributed by atoms with Crippen molar-refractivity contribution >= 4 is 22.5 Å². The van der Waals surface area contributed by atoms with Gasteiger partial charge in [-0.2, -0.15) is 5.10 Å². The molecule has 4 nitrogen and oxygen atoms in total. The Labute approximate surface area is 93.4 Å². The number of amides is 1. The normalized spacial score (nSPS) is 10.1. The first-order valence-electron chi connectivity index (χ1n) is 5.06. The van der Waals surface area contributed by atoms with Gasteiger partial charge in [-0.15, -0.1) is 0 Å². The van der Waals surface area contributed by atoms with E-state index in [2.05, 4.69) is 15.5 Å². The van der Waals surface area contributed by atoms with E-state index in [-0.39, 0.29) is 5.91 Å². The Morgan fingerprint density at radius 1 is 1.31 bits per heavy atom. The number of fused-ring (bicyclic) bond motifs is 1. The van der Waals surface area contributed by atoms with Crippen LogP contribution in [0, 0.1) is 0 Å². The molecule has 16 heavy (non-hydrogen) atoms. The van der Waals surface area contributed by atoms with Crippen LogP contribution in [-0.2, 0) is 0 Å². The molecule has 2 N–H and O–H groups in total. The quantitative estimate of drug-likeness (QED) is 0.586. The lowest BCUT2D eigenvalue weighted by Crippen LogP contribution is -2.18. The Balaban J connectivity index is 2.27. The fourth-order valence-corrected chi connectivity index (χ4v) is 1.42. The summed E-state index contributed by atoms with van der Waals surface area (Å²) in [6.07, 6.45) is 0. The number of carbonyl (C=O) groups is 1. The van der Waals surface area contributed by atoms with Gasteiger partial charge in [-0.25, -0.2) is 5.43 Å². The van der Waals surface area contributed by atoms with E-state index in [0.29, 0.717) is 5.69 Å². The zero-order chi connectivity index (χ0) is 11.5. The molecule has 0 bridgehead atoms. The Hall–Kier alpha value is -2.10. The summed E-state index contributed by atoms with van der Waals surface area (Å²) in [6, 6.07) is 9.56. The SMILES string of the molecule is CC(C)=NNC(=O)c1cc2ccccc2[nH]1. The molecule has 0 aliphatic heterocycles. The summed E-state index contributed by atoms with van der Waals surface area (Å²) in [5, 5.41) is 4.89. The molecular weight excluding hydrogens is 202 g/mol. The van der Waals surface area contributed by atoms with Gasteiger partial charge in [0.1, 0.15) is 5.69 Å². The molecule has 0 saturated carbocycles. The number of rotatable bonds is 2. The van der Waals surface area contributed by atoms with Crippen LogP contribution in [0.4, 0.5) is 0 Å². The second-order valence-corrected chi connectivity index (χ2v) is 3.77. The minimum atomic E-state index is -0.225. The van der Waals surface area contributed by atoms with Crippen molar-refractivity contribution in [3.63, 3.8) is 0 Å². The third kappa shape index (κ3) is 2.11. The van der Waals surface area contributed by atoms with Crippen LogP contribution in [0.15, 0.2) is 35.4 Å². The lowest BCUT2D eigenvalue weighted by molar-refractivity contribution is 0.0950. The van der Waals surface area contributed by atoms with E-state index in [4.69, 9.17) is 0 Å². The number of aromatic amines is 1. The predicted molar refractivity (Wildman–Crippen MR) is 64.5 cm³/mol. The Morgan fingerprint density at radius 2 is 2.06 bits per heavy atom. The van der Waals surface area contributed by atoms with Gasteiger partial charge >= 0.3 is 0 Å². The summed E-state index contributed by atoms with van der Waals surface area (Å²) in [6.45, 7) is 3.65. The standard InChI is InChI=1S/C12H13N3O/c1-8(2)14-15-12(16)11-7-9-5-3-4-6-10(9)13-11/h3-7,13H,1-2H3,(H,15,16). The number of aromatic nitrogens is 1. The summed E-state index contributed by atoms with van der Waals surface area (Å²) in [4.78, 5) is 14.7. The van der Waals surface area contributed by atoms with Gasteiger partial charge in [0.2, 0.25) is 0 Å². The van der Waals surface area contributed by atoms with E-state index in [1.807, 2.05) is 44.2 Å². The molecule has 4 heteroatoms. The fraction of sp³-hybridized carbons (Fsp3) is 0.167. The molecule has 0 spiro atoms. The number of hydrazone groups is 1. The summed E-state index contributed by atoms with van der Waals surface area (Å²) >= 11 is 0. The van der Waals surface area contributed by atoms with Crippen LogP contribution in [0.5, 0.6) is 0 Å².